The van der Waals surface area contributed by atoms with E-state index in [9.17, 15) is 8.42 Å². The fraction of sp³-hybridized carbons (Fsp3) is 1.00. The number of sulfonamides is 1. The van der Waals surface area contributed by atoms with E-state index in [1.54, 1.807) is 0 Å². The highest BCUT2D eigenvalue weighted by Gasteiger charge is 2.16. The molecule has 0 bridgehead atoms. The van der Waals surface area contributed by atoms with Crippen LogP contribution in [0.3, 0.4) is 0 Å². The van der Waals surface area contributed by atoms with Crippen LogP contribution in [0, 0.1) is 5.92 Å². The summed E-state index contributed by atoms with van der Waals surface area (Å²) in [4.78, 5) is 0. The molecule has 0 aromatic heterocycles. The summed E-state index contributed by atoms with van der Waals surface area (Å²) < 4.78 is 26.1. The summed E-state index contributed by atoms with van der Waals surface area (Å²) >= 11 is 0. The van der Waals surface area contributed by atoms with Crippen LogP contribution in [-0.2, 0) is 10.0 Å². The fourth-order valence-corrected chi connectivity index (χ4v) is 3.00. The van der Waals surface area contributed by atoms with Crippen molar-refractivity contribution in [3.05, 3.63) is 0 Å². The van der Waals surface area contributed by atoms with Crippen molar-refractivity contribution in [2.45, 2.75) is 52.5 Å². The molecule has 16 heavy (non-hydrogen) atoms. The Labute approximate surface area is 100 Å². The van der Waals surface area contributed by atoms with E-state index >= 15 is 0 Å². The summed E-state index contributed by atoms with van der Waals surface area (Å²) in [6.45, 7) is 6.50. The van der Waals surface area contributed by atoms with Gasteiger partial charge in [0.1, 0.15) is 0 Å². The lowest BCUT2D eigenvalue weighted by Crippen LogP contribution is -2.41. The molecular formula is C11H26N2O2S. The van der Waals surface area contributed by atoms with Crippen LogP contribution in [0.4, 0.5) is 0 Å². The second kappa shape index (κ2) is 8.03. The average Bonchev–Trinajstić information content (AvgIpc) is 2.21. The van der Waals surface area contributed by atoms with Crippen molar-refractivity contribution in [1.29, 1.82) is 0 Å². The molecule has 0 aliphatic rings. The molecule has 0 saturated carbocycles. The summed E-state index contributed by atoms with van der Waals surface area (Å²) in [5, 5.41) is 0. The molecular weight excluding hydrogens is 224 g/mol. The van der Waals surface area contributed by atoms with Crippen LogP contribution in [0.15, 0.2) is 0 Å². The molecule has 5 heteroatoms. The molecule has 0 spiro atoms. The number of nitrogens with one attached hydrogen (secondary N) is 1. The van der Waals surface area contributed by atoms with Crippen LogP contribution in [-0.4, -0.2) is 26.8 Å². The highest BCUT2D eigenvalue weighted by Crippen LogP contribution is 2.05. The number of rotatable bonds is 9. The maximum atomic E-state index is 11.7. The number of nitrogens with two attached hydrogens (primary N) is 1. The molecule has 0 heterocycles. The zero-order valence-corrected chi connectivity index (χ0v) is 11.5. The Hall–Kier alpha value is -0.130. The fourth-order valence-electron chi connectivity index (χ4n) is 1.38. The van der Waals surface area contributed by atoms with Crippen molar-refractivity contribution in [2.24, 2.45) is 11.7 Å². The van der Waals surface area contributed by atoms with Crippen LogP contribution in [0.5, 0.6) is 0 Å². The van der Waals surface area contributed by atoms with E-state index in [-0.39, 0.29) is 11.8 Å². The van der Waals surface area contributed by atoms with E-state index in [1.807, 2.05) is 13.8 Å². The highest BCUT2D eigenvalue weighted by atomic mass is 32.2. The predicted molar refractivity (Wildman–Crippen MR) is 68.7 cm³/mol. The van der Waals surface area contributed by atoms with Crippen molar-refractivity contribution in [3.8, 4) is 0 Å². The molecule has 0 aromatic carbocycles. The van der Waals surface area contributed by atoms with Gasteiger partial charge in [-0.2, -0.15) is 0 Å². The number of unbranched alkanes of at least 4 members (excludes halogenated alkanes) is 1. The van der Waals surface area contributed by atoms with Crippen molar-refractivity contribution in [1.82, 2.24) is 4.72 Å². The lowest BCUT2D eigenvalue weighted by atomic mass is 10.1. The van der Waals surface area contributed by atoms with Crippen molar-refractivity contribution < 1.29 is 8.42 Å². The molecule has 0 aliphatic heterocycles. The predicted octanol–water partition coefficient (Wildman–Crippen LogP) is 1.47. The van der Waals surface area contributed by atoms with E-state index in [0.717, 1.165) is 19.3 Å². The zero-order chi connectivity index (χ0) is 12.6. The van der Waals surface area contributed by atoms with Crippen molar-refractivity contribution in [3.63, 3.8) is 0 Å². The minimum absolute atomic E-state index is 0.0999. The first-order valence-corrected chi connectivity index (χ1v) is 7.76. The summed E-state index contributed by atoms with van der Waals surface area (Å²) in [6, 6.07) is -0.0999. The molecule has 0 aliphatic carbocycles. The minimum atomic E-state index is -3.15. The van der Waals surface area contributed by atoms with Gasteiger partial charge in [-0.1, -0.05) is 33.6 Å². The van der Waals surface area contributed by atoms with Gasteiger partial charge >= 0.3 is 0 Å². The first-order chi connectivity index (χ1) is 7.41. The highest BCUT2D eigenvalue weighted by molar-refractivity contribution is 7.89. The quantitative estimate of drug-likeness (QED) is 0.651. The Morgan fingerprint density at radius 3 is 2.31 bits per heavy atom. The minimum Gasteiger partial charge on any atom is -0.329 e. The third kappa shape index (κ3) is 8.07. The van der Waals surface area contributed by atoms with Gasteiger partial charge < -0.3 is 5.73 Å². The smallest absolute Gasteiger partial charge is 0.211 e. The van der Waals surface area contributed by atoms with E-state index in [1.165, 1.54) is 0 Å². The topological polar surface area (TPSA) is 72.2 Å². The Morgan fingerprint density at radius 1 is 1.25 bits per heavy atom. The summed E-state index contributed by atoms with van der Waals surface area (Å²) in [7, 11) is -3.15. The molecule has 1 unspecified atom stereocenters. The van der Waals surface area contributed by atoms with E-state index in [4.69, 9.17) is 5.73 Å². The monoisotopic (exact) mass is 250 g/mol. The van der Waals surface area contributed by atoms with Gasteiger partial charge in [0.25, 0.3) is 0 Å². The molecule has 1 atom stereocenters. The van der Waals surface area contributed by atoms with Crippen LogP contribution in [0.25, 0.3) is 0 Å². The average molecular weight is 250 g/mol. The molecule has 0 saturated heterocycles. The van der Waals surface area contributed by atoms with Crippen LogP contribution >= 0.6 is 0 Å². The van der Waals surface area contributed by atoms with E-state index in [0.29, 0.717) is 18.9 Å². The maximum absolute atomic E-state index is 11.7. The van der Waals surface area contributed by atoms with Gasteiger partial charge in [-0.25, -0.2) is 13.1 Å². The largest absolute Gasteiger partial charge is 0.329 e. The number of hydrogen-bond acceptors (Lipinski definition) is 3. The Kier molecular flexibility index (Phi) is 7.97. The molecule has 0 fully saturated rings. The number of hydrogen-bond donors (Lipinski definition) is 2. The Morgan fingerprint density at radius 2 is 1.88 bits per heavy atom. The van der Waals surface area contributed by atoms with Crippen LogP contribution < -0.4 is 10.5 Å². The van der Waals surface area contributed by atoms with Gasteiger partial charge in [0.2, 0.25) is 10.0 Å². The third-order valence-corrected chi connectivity index (χ3v) is 3.97. The molecule has 0 radical (unpaired) electrons. The lowest BCUT2D eigenvalue weighted by molar-refractivity contribution is 0.510. The molecule has 0 rings (SSSR count). The maximum Gasteiger partial charge on any atom is 0.211 e. The Bertz CT molecular complexity index is 263. The van der Waals surface area contributed by atoms with Gasteiger partial charge in [-0.3, -0.25) is 0 Å². The van der Waals surface area contributed by atoms with Crippen molar-refractivity contribution in [2.75, 3.05) is 12.3 Å². The normalized spacial score (nSPS) is 14.3. The van der Waals surface area contributed by atoms with Gasteiger partial charge in [0, 0.05) is 12.6 Å². The van der Waals surface area contributed by atoms with Gasteiger partial charge in [-0.05, 0) is 18.8 Å². The SMILES string of the molecule is CCCCC(CN)NS(=O)(=O)CCC(C)C. The molecule has 98 valence electrons. The molecule has 0 amide bonds. The van der Waals surface area contributed by atoms with E-state index < -0.39 is 10.0 Å². The molecule has 3 N–H and O–H groups in total. The molecule has 4 nitrogen and oxygen atoms in total. The van der Waals surface area contributed by atoms with Gasteiger partial charge in [0.15, 0.2) is 0 Å². The Balaban J connectivity index is 4.10. The molecule has 0 aromatic rings. The summed E-state index contributed by atoms with van der Waals surface area (Å²) in [5.74, 6) is 0.608. The van der Waals surface area contributed by atoms with Gasteiger partial charge in [0.05, 0.1) is 5.75 Å². The van der Waals surface area contributed by atoms with Crippen LogP contribution in [0.2, 0.25) is 0 Å². The van der Waals surface area contributed by atoms with E-state index in [2.05, 4.69) is 11.6 Å². The van der Waals surface area contributed by atoms with Gasteiger partial charge in [-0.15, -0.1) is 0 Å². The lowest BCUT2D eigenvalue weighted by Gasteiger charge is -2.17. The second-order valence-corrected chi connectivity index (χ2v) is 6.57. The second-order valence-electron chi connectivity index (χ2n) is 4.69. The zero-order valence-electron chi connectivity index (χ0n) is 10.7. The summed E-state index contributed by atoms with van der Waals surface area (Å²) in [6.07, 6.45) is 3.59. The third-order valence-electron chi connectivity index (χ3n) is 2.50. The first kappa shape index (κ1) is 15.9. The van der Waals surface area contributed by atoms with Crippen LogP contribution in [0.1, 0.15) is 46.5 Å². The van der Waals surface area contributed by atoms with Crippen molar-refractivity contribution >= 4 is 10.0 Å². The summed E-state index contributed by atoms with van der Waals surface area (Å²) in [5.41, 5.74) is 5.55. The first-order valence-electron chi connectivity index (χ1n) is 6.11. The standard InChI is InChI=1S/C11H26N2O2S/c1-4-5-6-11(9-12)13-16(14,15)8-7-10(2)3/h10-11,13H,4-9,12H2,1-3H3.